The van der Waals surface area contributed by atoms with Crippen LogP contribution in [0.3, 0.4) is 0 Å². The van der Waals surface area contributed by atoms with Crippen molar-refractivity contribution in [3.05, 3.63) is 38.2 Å². The molecule has 0 saturated carbocycles. The van der Waals surface area contributed by atoms with Gasteiger partial charge < -0.3 is 5.32 Å². The highest BCUT2D eigenvalue weighted by Gasteiger charge is 2.09. The third kappa shape index (κ3) is 2.70. The first-order chi connectivity index (χ1) is 8.72. The Morgan fingerprint density at radius 3 is 3.11 bits per heavy atom. The van der Waals surface area contributed by atoms with Crippen molar-refractivity contribution in [1.29, 1.82) is 0 Å². The molecule has 0 unspecified atom stereocenters. The molecule has 0 radical (unpaired) electrons. The Morgan fingerprint density at radius 2 is 2.44 bits per heavy atom. The van der Waals surface area contributed by atoms with Crippen LogP contribution in [-0.4, -0.2) is 14.8 Å². The summed E-state index contributed by atoms with van der Waals surface area (Å²) in [6.45, 7) is 0.550. The molecule has 0 spiro atoms. The Morgan fingerprint density at radius 1 is 1.61 bits per heavy atom. The van der Waals surface area contributed by atoms with Crippen molar-refractivity contribution in [2.45, 2.75) is 13.1 Å². The molecule has 1 N–H and O–H groups in total. The van der Waals surface area contributed by atoms with E-state index in [9.17, 15) is 4.79 Å². The lowest BCUT2D eigenvalue weighted by Gasteiger charge is -2.07. The van der Waals surface area contributed by atoms with E-state index < -0.39 is 0 Å². The molecule has 0 aliphatic heterocycles. The zero-order valence-corrected chi connectivity index (χ0v) is 10.8. The van der Waals surface area contributed by atoms with Gasteiger partial charge in [0.05, 0.1) is 17.8 Å². The van der Waals surface area contributed by atoms with Crippen LogP contribution in [0, 0.1) is 12.3 Å². The van der Waals surface area contributed by atoms with Gasteiger partial charge in [-0.2, -0.15) is 5.10 Å². The van der Waals surface area contributed by atoms with Gasteiger partial charge in [0.1, 0.15) is 17.2 Å². The molecule has 7 heteroatoms. The van der Waals surface area contributed by atoms with Gasteiger partial charge in [0, 0.05) is 11.6 Å². The lowest BCUT2D eigenvalue weighted by atomic mass is 10.4. The number of anilines is 1. The van der Waals surface area contributed by atoms with Crippen molar-refractivity contribution in [3.8, 4) is 12.3 Å². The maximum Gasteiger partial charge on any atom is 0.292 e. The maximum absolute atomic E-state index is 12.0. The molecule has 2 rings (SSSR count). The van der Waals surface area contributed by atoms with Gasteiger partial charge in [0.2, 0.25) is 0 Å². The van der Waals surface area contributed by atoms with Crippen molar-refractivity contribution < 1.29 is 0 Å². The van der Waals surface area contributed by atoms with Gasteiger partial charge in [-0.3, -0.25) is 4.79 Å². The molecule has 0 atom stereocenters. The minimum absolute atomic E-state index is 0.113. The number of halogens is 1. The van der Waals surface area contributed by atoms with Gasteiger partial charge in [-0.1, -0.05) is 17.5 Å². The van der Waals surface area contributed by atoms with Crippen molar-refractivity contribution in [2.24, 2.45) is 0 Å². The number of aromatic nitrogens is 3. The maximum atomic E-state index is 12.0. The van der Waals surface area contributed by atoms with E-state index in [2.05, 4.69) is 21.3 Å². The van der Waals surface area contributed by atoms with Crippen LogP contribution in [0.25, 0.3) is 0 Å². The van der Waals surface area contributed by atoms with E-state index in [-0.39, 0.29) is 22.8 Å². The summed E-state index contributed by atoms with van der Waals surface area (Å²) in [7, 11) is 0. The molecule has 0 aliphatic rings. The van der Waals surface area contributed by atoms with Crippen LogP contribution in [-0.2, 0) is 13.1 Å². The molecule has 0 saturated heterocycles. The number of nitrogens with zero attached hydrogens (tertiary/aromatic N) is 3. The van der Waals surface area contributed by atoms with E-state index in [1.54, 1.807) is 6.20 Å². The van der Waals surface area contributed by atoms with E-state index in [4.69, 9.17) is 18.0 Å². The minimum atomic E-state index is -0.336. The molecule has 92 valence electrons. The lowest BCUT2D eigenvalue weighted by Crippen LogP contribution is -2.25. The molecular formula is C11H9ClN4OS. The van der Waals surface area contributed by atoms with E-state index in [1.165, 1.54) is 22.2 Å². The average Bonchev–Trinajstić information content (AvgIpc) is 2.86. The zero-order valence-electron chi connectivity index (χ0n) is 9.26. The summed E-state index contributed by atoms with van der Waals surface area (Å²) in [5.41, 5.74) is -0.0471. The predicted molar refractivity (Wildman–Crippen MR) is 71.8 cm³/mol. The summed E-state index contributed by atoms with van der Waals surface area (Å²) >= 11 is 7.43. The van der Waals surface area contributed by atoms with E-state index in [1.807, 2.05) is 5.38 Å². The zero-order chi connectivity index (χ0) is 13.0. The van der Waals surface area contributed by atoms with Gasteiger partial charge in [-0.25, -0.2) is 9.67 Å². The molecule has 2 aromatic rings. The first-order valence-corrected chi connectivity index (χ1v) is 6.29. The summed E-state index contributed by atoms with van der Waals surface area (Å²) < 4.78 is 1.18. The van der Waals surface area contributed by atoms with Gasteiger partial charge in [-0.05, 0) is 0 Å². The Labute approximate surface area is 112 Å². The third-order valence-corrected chi connectivity index (χ3v) is 3.20. The van der Waals surface area contributed by atoms with Crippen LogP contribution in [0.4, 0.5) is 5.69 Å². The molecule has 0 bridgehead atoms. The largest absolute Gasteiger partial charge is 0.373 e. The Kier molecular flexibility index (Phi) is 3.97. The fraction of sp³-hybridized carbons (Fsp3) is 0.182. The van der Waals surface area contributed by atoms with Gasteiger partial charge in [0.15, 0.2) is 0 Å². The third-order valence-electron chi connectivity index (χ3n) is 2.14. The molecule has 0 aliphatic carbocycles. The van der Waals surface area contributed by atoms with E-state index >= 15 is 0 Å². The van der Waals surface area contributed by atoms with Crippen LogP contribution in [0.2, 0.25) is 5.02 Å². The molecule has 2 aromatic heterocycles. The Balaban J connectivity index is 2.24. The highest BCUT2D eigenvalue weighted by molar-refractivity contribution is 7.09. The second kappa shape index (κ2) is 5.67. The summed E-state index contributed by atoms with van der Waals surface area (Å²) in [5, 5.41) is 9.80. The van der Waals surface area contributed by atoms with Crippen LogP contribution < -0.4 is 10.9 Å². The lowest BCUT2D eigenvalue weighted by molar-refractivity contribution is 0.664. The summed E-state index contributed by atoms with van der Waals surface area (Å²) in [4.78, 5) is 16.1. The monoisotopic (exact) mass is 280 g/mol. The second-order valence-electron chi connectivity index (χ2n) is 3.31. The Bertz CT molecular complexity index is 629. The smallest absolute Gasteiger partial charge is 0.292 e. The number of rotatable bonds is 4. The highest BCUT2D eigenvalue weighted by atomic mass is 35.5. The van der Waals surface area contributed by atoms with Crippen molar-refractivity contribution in [3.63, 3.8) is 0 Å². The molecular weight excluding hydrogens is 272 g/mol. The van der Waals surface area contributed by atoms with E-state index in [0.29, 0.717) is 6.54 Å². The fourth-order valence-electron chi connectivity index (χ4n) is 1.33. The SMILES string of the molecule is C#CCn1ncc(Cl)c(NCc2nccs2)c1=O. The molecule has 0 fully saturated rings. The number of hydrogen-bond acceptors (Lipinski definition) is 5. The van der Waals surface area contributed by atoms with Crippen LogP contribution in [0.1, 0.15) is 5.01 Å². The molecule has 5 nitrogen and oxygen atoms in total. The topological polar surface area (TPSA) is 59.8 Å². The molecule has 2 heterocycles. The highest BCUT2D eigenvalue weighted by Crippen LogP contribution is 2.16. The van der Waals surface area contributed by atoms with Gasteiger partial charge in [0.25, 0.3) is 5.56 Å². The van der Waals surface area contributed by atoms with Gasteiger partial charge >= 0.3 is 0 Å². The molecule has 0 amide bonds. The van der Waals surface area contributed by atoms with Crippen LogP contribution in [0.15, 0.2) is 22.6 Å². The number of thiazole rings is 1. The first kappa shape index (κ1) is 12.6. The van der Waals surface area contributed by atoms with Crippen molar-refractivity contribution in [1.82, 2.24) is 14.8 Å². The fourth-order valence-corrected chi connectivity index (χ4v) is 2.08. The summed E-state index contributed by atoms with van der Waals surface area (Å²) in [6.07, 6.45) is 8.25. The van der Waals surface area contributed by atoms with Crippen LogP contribution in [0.5, 0.6) is 0 Å². The quantitative estimate of drug-likeness (QED) is 0.864. The van der Waals surface area contributed by atoms with Crippen molar-refractivity contribution in [2.75, 3.05) is 5.32 Å². The standard InChI is InChI=1S/C11H9ClN4OS/c1-2-4-16-11(17)10(8(12)6-15-16)14-7-9-13-3-5-18-9/h1,3,5-6,14H,4,7H2. The summed E-state index contributed by atoms with van der Waals surface area (Å²) in [5.74, 6) is 2.36. The minimum Gasteiger partial charge on any atom is -0.373 e. The Hall–Kier alpha value is -1.84. The normalized spacial score (nSPS) is 10.0. The van der Waals surface area contributed by atoms with Crippen molar-refractivity contribution >= 4 is 28.6 Å². The first-order valence-electron chi connectivity index (χ1n) is 5.03. The average molecular weight is 281 g/mol. The summed E-state index contributed by atoms with van der Waals surface area (Å²) in [6, 6.07) is 0. The number of terminal acetylenes is 1. The van der Waals surface area contributed by atoms with Crippen LogP contribution >= 0.6 is 22.9 Å². The van der Waals surface area contributed by atoms with E-state index in [0.717, 1.165) is 5.01 Å². The molecule has 0 aromatic carbocycles. The van der Waals surface area contributed by atoms with Gasteiger partial charge in [-0.15, -0.1) is 17.8 Å². The number of nitrogens with one attached hydrogen (secondary N) is 1. The number of hydrogen-bond donors (Lipinski definition) is 1. The second-order valence-corrected chi connectivity index (χ2v) is 4.70. The predicted octanol–water partition coefficient (Wildman–Crippen LogP) is 1.60. The molecule has 18 heavy (non-hydrogen) atoms.